The molecule has 2 heteroatoms. The van der Waals surface area contributed by atoms with Gasteiger partial charge < -0.3 is 10.2 Å². The number of hydrogen-bond donors (Lipinski definition) is 2. The van der Waals surface area contributed by atoms with Gasteiger partial charge in [0.15, 0.2) is 0 Å². The van der Waals surface area contributed by atoms with Crippen LogP contribution in [0.15, 0.2) is 43.0 Å². The second kappa shape index (κ2) is 7.20. The molecule has 1 aromatic rings. The Balaban J connectivity index is 2.25. The molecule has 0 aliphatic rings. The highest BCUT2D eigenvalue weighted by Gasteiger charge is 2.10. The summed E-state index contributed by atoms with van der Waals surface area (Å²) in [6.07, 6.45) is 3.29. The third-order valence-electron chi connectivity index (χ3n) is 2.59. The van der Waals surface area contributed by atoms with Crippen LogP contribution in [0.3, 0.4) is 0 Å². The van der Waals surface area contributed by atoms with Crippen LogP contribution in [-0.4, -0.2) is 22.4 Å². The van der Waals surface area contributed by atoms with Gasteiger partial charge in [-0.25, -0.2) is 0 Å². The third kappa shape index (κ3) is 5.10. The van der Waals surface area contributed by atoms with E-state index in [-0.39, 0.29) is 0 Å². The lowest BCUT2D eigenvalue weighted by molar-refractivity contribution is 0.0775. The molecule has 2 N–H and O–H groups in total. The summed E-state index contributed by atoms with van der Waals surface area (Å²) in [6, 6.07) is 10.1. The van der Waals surface area contributed by atoms with Gasteiger partial charge in [-0.15, -0.1) is 6.58 Å². The van der Waals surface area contributed by atoms with Crippen molar-refractivity contribution in [2.24, 2.45) is 0 Å². The summed E-state index contributed by atoms with van der Waals surface area (Å²) in [5.41, 5.74) is 1.22. The van der Waals surface area contributed by atoms with Crippen molar-refractivity contribution < 1.29 is 10.2 Å². The first-order chi connectivity index (χ1) is 7.72. The first kappa shape index (κ1) is 12.9. The van der Waals surface area contributed by atoms with Gasteiger partial charge in [0.05, 0.1) is 12.2 Å². The predicted molar refractivity (Wildman–Crippen MR) is 66.2 cm³/mol. The quantitative estimate of drug-likeness (QED) is 0.692. The molecular weight excluding hydrogens is 200 g/mol. The predicted octanol–water partition coefficient (Wildman–Crippen LogP) is 2.31. The summed E-state index contributed by atoms with van der Waals surface area (Å²) >= 11 is 0. The van der Waals surface area contributed by atoms with E-state index in [0.29, 0.717) is 19.3 Å². The van der Waals surface area contributed by atoms with E-state index in [4.69, 9.17) is 0 Å². The highest BCUT2D eigenvalue weighted by atomic mass is 16.3. The molecule has 0 fully saturated rings. The van der Waals surface area contributed by atoms with E-state index in [1.807, 2.05) is 30.3 Å². The molecule has 16 heavy (non-hydrogen) atoms. The van der Waals surface area contributed by atoms with Crippen molar-refractivity contribution in [3.63, 3.8) is 0 Å². The highest BCUT2D eigenvalue weighted by Crippen LogP contribution is 2.10. The Morgan fingerprint density at radius 3 is 2.44 bits per heavy atom. The normalized spacial score (nSPS) is 14.4. The fourth-order valence-electron chi connectivity index (χ4n) is 1.70. The zero-order chi connectivity index (χ0) is 11.8. The molecule has 1 rings (SSSR count). The van der Waals surface area contributed by atoms with Crippen LogP contribution in [0.1, 0.15) is 24.8 Å². The maximum Gasteiger partial charge on any atom is 0.0599 e. The lowest BCUT2D eigenvalue weighted by Crippen LogP contribution is -2.17. The zero-order valence-corrected chi connectivity index (χ0v) is 9.55. The molecule has 2 nitrogen and oxygen atoms in total. The van der Waals surface area contributed by atoms with Gasteiger partial charge in [0.25, 0.3) is 0 Å². The lowest BCUT2D eigenvalue weighted by Gasteiger charge is -2.14. The first-order valence-electron chi connectivity index (χ1n) is 5.73. The van der Waals surface area contributed by atoms with E-state index in [1.54, 1.807) is 6.08 Å². The van der Waals surface area contributed by atoms with Crippen molar-refractivity contribution in [1.29, 1.82) is 0 Å². The summed E-state index contributed by atoms with van der Waals surface area (Å²) in [4.78, 5) is 0. The number of aryl methyl sites for hydroxylation is 1. The fraction of sp³-hybridized carbons (Fsp3) is 0.429. The van der Waals surface area contributed by atoms with Gasteiger partial charge in [-0.1, -0.05) is 36.4 Å². The molecule has 0 heterocycles. The Hall–Kier alpha value is -1.12. The largest absolute Gasteiger partial charge is 0.393 e. The maximum atomic E-state index is 9.71. The second-order valence-electron chi connectivity index (χ2n) is 4.09. The molecular formula is C14H20O2. The Morgan fingerprint density at radius 2 is 1.81 bits per heavy atom. The van der Waals surface area contributed by atoms with Crippen LogP contribution in [0.4, 0.5) is 0 Å². The molecule has 0 aromatic heterocycles. The molecule has 0 aliphatic heterocycles. The summed E-state index contributed by atoms with van der Waals surface area (Å²) in [7, 11) is 0. The van der Waals surface area contributed by atoms with Gasteiger partial charge >= 0.3 is 0 Å². The van der Waals surface area contributed by atoms with Gasteiger partial charge in [0.2, 0.25) is 0 Å². The van der Waals surface area contributed by atoms with Crippen LogP contribution in [-0.2, 0) is 6.42 Å². The smallest absolute Gasteiger partial charge is 0.0599 e. The van der Waals surface area contributed by atoms with Gasteiger partial charge in [-0.05, 0) is 31.2 Å². The van der Waals surface area contributed by atoms with Crippen molar-refractivity contribution in [2.45, 2.75) is 37.9 Å². The molecule has 0 radical (unpaired) electrons. The molecule has 0 saturated carbocycles. The van der Waals surface area contributed by atoms with Crippen LogP contribution in [0.25, 0.3) is 0 Å². The van der Waals surface area contributed by atoms with E-state index in [2.05, 4.69) is 6.58 Å². The molecule has 2 atom stereocenters. The van der Waals surface area contributed by atoms with Crippen LogP contribution in [0.5, 0.6) is 0 Å². The maximum absolute atomic E-state index is 9.71. The van der Waals surface area contributed by atoms with Crippen LogP contribution in [0.2, 0.25) is 0 Å². The topological polar surface area (TPSA) is 40.5 Å². The lowest BCUT2D eigenvalue weighted by atomic mass is 10.0. The molecule has 1 aromatic carbocycles. The Kier molecular flexibility index (Phi) is 5.83. The Labute approximate surface area is 97.2 Å². The van der Waals surface area contributed by atoms with E-state index < -0.39 is 12.2 Å². The summed E-state index contributed by atoms with van der Waals surface area (Å²) in [5, 5.41) is 19.2. The summed E-state index contributed by atoms with van der Waals surface area (Å²) in [6.45, 7) is 3.56. The molecule has 0 spiro atoms. The average molecular weight is 220 g/mol. The van der Waals surface area contributed by atoms with Gasteiger partial charge in [-0.2, -0.15) is 0 Å². The molecule has 0 saturated heterocycles. The zero-order valence-electron chi connectivity index (χ0n) is 9.55. The van der Waals surface area contributed by atoms with E-state index in [0.717, 1.165) is 6.42 Å². The molecule has 0 bridgehead atoms. The summed E-state index contributed by atoms with van der Waals surface area (Å²) in [5.74, 6) is 0. The van der Waals surface area contributed by atoms with Gasteiger partial charge in [-0.3, -0.25) is 0 Å². The number of benzene rings is 1. The van der Waals surface area contributed by atoms with Gasteiger partial charge in [0, 0.05) is 0 Å². The Morgan fingerprint density at radius 1 is 1.12 bits per heavy atom. The van der Waals surface area contributed by atoms with Crippen molar-refractivity contribution in [3.8, 4) is 0 Å². The van der Waals surface area contributed by atoms with E-state index >= 15 is 0 Å². The molecule has 0 unspecified atom stereocenters. The number of aliphatic hydroxyl groups is 2. The minimum atomic E-state index is -0.469. The van der Waals surface area contributed by atoms with Crippen molar-refractivity contribution in [3.05, 3.63) is 48.6 Å². The summed E-state index contributed by atoms with van der Waals surface area (Å²) < 4.78 is 0. The standard InChI is InChI=1S/C14H20O2/c1-2-6-13(15)11-14(16)10-9-12-7-4-3-5-8-12/h2-5,7-8,13-16H,1,6,9-11H2/t13-,14-/m1/s1. The van der Waals surface area contributed by atoms with E-state index in [9.17, 15) is 10.2 Å². The SMILES string of the molecule is C=CC[C@@H](O)C[C@H](O)CCc1ccccc1. The van der Waals surface area contributed by atoms with Crippen molar-refractivity contribution in [1.82, 2.24) is 0 Å². The minimum absolute atomic E-state index is 0.429. The average Bonchev–Trinajstić information content (AvgIpc) is 2.28. The van der Waals surface area contributed by atoms with Crippen LogP contribution in [0, 0.1) is 0 Å². The monoisotopic (exact) mass is 220 g/mol. The van der Waals surface area contributed by atoms with Crippen molar-refractivity contribution >= 4 is 0 Å². The molecule has 88 valence electrons. The third-order valence-corrected chi connectivity index (χ3v) is 2.59. The number of hydrogen-bond acceptors (Lipinski definition) is 2. The highest BCUT2D eigenvalue weighted by molar-refractivity contribution is 5.14. The molecule has 0 aliphatic carbocycles. The van der Waals surface area contributed by atoms with Crippen LogP contribution < -0.4 is 0 Å². The minimum Gasteiger partial charge on any atom is -0.393 e. The van der Waals surface area contributed by atoms with E-state index in [1.165, 1.54) is 5.56 Å². The molecule has 0 amide bonds. The Bertz CT molecular complexity index is 295. The fourth-order valence-corrected chi connectivity index (χ4v) is 1.70. The number of aliphatic hydroxyl groups excluding tert-OH is 2. The number of rotatable bonds is 7. The second-order valence-corrected chi connectivity index (χ2v) is 4.09. The van der Waals surface area contributed by atoms with Crippen molar-refractivity contribution in [2.75, 3.05) is 0 Å². The van der Waals surface area contributed by atoms with Crippen LogP contribution >= 0.6 is 0 Å². The first-order valence-corrected chi connectivity index (χ1v) is 5.73. The van der Waals surface area contributed by atoms with Gasteiger partial charge in [0.1, 0.15) is 0 Å².